The average molecular weight is 297 g/mol. The van der Waals surface area contributed by atoms with Crippen molar-refractivity contribution in [3.8, 4) is 0 Å². The maximum Gasteiger partial charge on any atom is 0.401 e. The number of nitrogens with zero attached hydrogens (tertiary/aromatic N) is 1. The first-order chi connectivity index (χ1) is 7.28. The molecular formula is C10H12BrF3N2. The van der Waals surface area contributed by atoms with E-state index in [-0.39, 0.29) is 6.54 Å². The van der Waals surface area contributed by atoms with E-state index < -0.39 is 12.7 Å². The first-order valence-corrected chi connectivity index (χ1v) is 5.36. The van der Waals surface area contributed by atoms with Gasteiger partial charge in [-0.1, -0.05) is 6.07 Å². The number of benzene rings is 1. The Morgan fingerprint density at radius 2 is 2.00 bits per heavy atom. The number of rotatable bonds is 3. The molecule has 0 radical (unpaired) electrons. The summed E-state index contributed by atoms with van der Waals surface area (Å²) in [5, 5.41) is 0. The summed E-state index contributed by atoms with van der Waals surface area (Å²) in [4.78, 5) is 1.21. The minimum atomic E-state index is -4.17. The molecule has 1 rings (SSSR count). The summed E-state index contributed by atoms with van der Waals surface area (Å²) in [5.41, 5.74) is 6.94. The fourth-order valence-corrected chi connectivity index (χ4v) is 1.77. The van der Waals surface area contributed by atoms with Gasteiger partial charge in [0.05, 0.1) is 6.54 Å². The minimum absolute atomic E-state index is 0.235. The predicted molar refractivity (Wildman–Crippen MR) is 60.9 cm³/mol. The molecule has 0 amide bonds. The second kappa shape index (κ2) is 5.05. The van der Waals surface area contributed by atoms with Crippen molar-refractivity contribution in [3.05, 3.63) is 28.2 Å². The molecule has 0 fully saturated rings. The normalized spacial score (nSPS) is 12.1. The first kappa shape index (κ1) is 13.3. The SMILES string of the molecule is CN(Cc1ccc(N)c(Br)c1)CC(F)(F)F. The van der Waals surface area contributed by atoms with Crippen molar-refractivity contribution in [2.75, 3.05) is 19.3 Å². The van der Waals surface area contributed by atoms with E-state index in [0.29, 0.717) is 10.2 Å². The molecule has 1 aromatic rings. The van der Waals surface area contributed by atoms with E-state index in [2.05, 4.69) is 15.9 Å². The third-order valence-electron chi connectivity index (χ3n) is 1.97. The van der Waals surface area contributed by atoms with E-state index in [1.807, 2.05) is 0 Å². The van der Waals surface area contributed by atoms with Crippen LogP contribution in [0.3, 0.4) is 0 Å². The molecule has 0 saturated carbocycles. The third-order valence-corrected chi connectivity index (χ3v) is 2.65. The minimum Gasteiger partial charge on any atom is -0.398 e. The van der Waals surface area contributed by atoms with Gasteiger partial charge >= 0.3 is 6.18 Å². The van der Waals surface area contributed by atoms with E-state index in [1.165, 1.54) is 11.9 Å². The largest absolute Gasteiger partial charge is 0.401 e. The molecule has 90 valence electrons. The third kappa shape index (κ3) is 4.40. The summed E-state index contributed by atoms with van der Waals surface area (Å²) in [7, 11) is 1.43. The van der Waals surface area contributed by atoms with Crippen molar-refractivity contribution >= 4 is 21.6 Å². The molecule has 1 aromatic carbocycles. The highest BCUT2D eigenvalue weighted by Gasteiger charge is 2.29. The Hall–Kier alpha value is -0.750. The zero-order valence-corrected chi connectivity index (χ0v) is 10.3. The van der Waals surface area contributed by atoms with Crippen LogP contribution in [0.5, 0.6) is 0 Å². The number of anilines is 1. The predicted octanol–water partition coefficient (Wildman–Crippen LogP) is 3.03. The van der Waals surface area contributed by atoms with Gasteiger partial charge < -0.3 is 5.73 Å². The van der Waals surface area contributed by atoms with Crippen LogP contribution < -0.4 is 5.73 Å². The highest BCUT2D eigenvalue weighted by atomic mass is 79.9. The first-order valence-electron chi connectivity index (χ1n) is 4.57. The van der Waals surface area contributed by atoms with Gasteiger partial charge in [-0.05, 0) is 40.7 Å². The van der Waals surface area contributed by atoms with Crippen molar-refractivity contribution in [1.82, 2.24) is 4.90 Å². The van der Waals surface area contributed by atoms with Gasteiger partial charge in [-0.15, -0.1) is 0 Å². The Morgan fingerprint density at radius 3 is 2.50 bits per heavy atom. The summed E-state index contributed by atoms with van der Waals surface area (Å²) in [6.45, 7) is -0.687. The summed E-state index contributed by atoms with van der Waals surface area (Å²) in [6.07, 6.45) is -4.17. The molecule has 2 N–H and O–H groups in total. The number of hydrogen-bond acceptors (Lipinski definition) is 2. The van der Waals surface area contributed by atoms with Crippen LogP contribution in [-0.4, -0.2) is 24.7 Å². The Morgan fingerprint density at radius 1 is 1.38 bits per heavy atom. The smallest absolute Gasteiger partial charge is 0.398 e. The molecule has 0 aliphatic heterocycles. The van der Waals surface area contributed by atoms with Crippen LogP contribution in [-0.2, 0) is 6.54 Å². The summed E-state index contributed by atoms with van der Waals surface area (Å²) >= 11 is 3.23. The fraction of sp³-hybridized carbons (Fsp3) is 0.400. The van der Waals surface area contributed by atoms with Crippen LogP contribution in [0, 0.1) is 0 Å². The Bertz CT molecular complexity index is 366. The highest BCUT2D eigenvalue weighted by molar-refractivity contribution is 9.10. The van der Waals surface area contributed by atoms with E-state index in [0.717, 1.165) is 5.56 Å². The van der Waals surface area contributed by atoms with Crippen molar-refractivity contribution in [2.45, 2.75) is 12.7 Å². The molecule has 0 heterocycles. The fourth-order valence-electron chi connectivity index (χ4n) is 1.34. The van der Waals surface area contributed by atoms with Gasteiger partial charge in [-0.3, -0.25) is 4.90 Å². The molecule has 16 heavy (non-hydrogen) atoms. The molecular weight excluding hydrogens is 285 g/mol. The van der Waals surface area contributed by atoms with Gasteiger partial charge in [0.1, 0.15) is 0 Å². The van der Waals surface area contributed by atoms with Crippen molar-refractivity contribution < 1.29 is 13.2 Å². The lowest BCUT2D eigenvalue weighted by Gasteiger charge is -2.18. The quantitative estimate of drug-likeness (QED) is 0.869. The Kier molecular flexibility index (Phi) is 4.21. The Labute approximate surface area is 100 Å². The maximum atomic E-state index is 12.1. The molecule has 0 saturated heterocycles. The molecule has 0 bridgehead atoms. The van der Waals surface area contributed by atoms with Crippen LogP contribution in [0.4, 0.5) is 18.9 Å². The number of alkyl halides is 3. The van der Waals surface area contributed by atoms with Crippen molar-refractivity contribution in [3.63, 3.8) is 0 Å². The zero-order chi connectivity index (χ0) is 12.3. The van der Waals surface area contributed by atoms with Crippen molar-refractivity contribution in [1.29, 1.82) is 0 Å². The molecule has 6 heteroatoms. The Balaban J connectivity index is 2.63. The zero-order valence-electron chi connectivity index (χ0n) is 8.68. The lowest BCUT2D eigenvalue weighted by atomic mass is 10.2. The molecule has 2 nitrogen and oxygen atoms in total. The van der Waals surface area contributed by atoms with Gasteiger partial charge in [0, 0.05) is 16.7 Å². The second-order valence-electron chi connectivity index (χ2n) is 3.64. The van der Waals surface area contributed by atoms with Gasteiger partial charge in [-0.2, -0.15) is 13.2 Å². The van der Waals surface area contributed by atoms with Crippen LogP contribution in [0.15, 0.2) is 22.7 Å². The second-order valence-corrected chi connectivity index (χ2v) is 4.50. The van der Waals surface area contributed by atoms with Crippen LogP contribution in [0.1, 0.15) is 5.56 Å². The number of halogens is 4. The number of nitrogen functional groups attached to an aromatic ring is 1. The standard InChI is InChI=1S/C10H12BrF3N2/c1-16(6-10(12,13)14)5-7-2-3-9(15)8(11)4-7/h2-4H,5-6,15H2,1H3. The summed E-state index contributed by atoms with van der Waals surface area (Å²) in [6, 6.07) is 5.11. The molecule has 0 spiro atoms. The number of hydrogen-bond donors (Lipinski definition) is 1. The number of nitrogens with two attached hydrogens (primary N) is 1. The molecule has 0 unspecified atom stereocenters. The maximum absolute atomic E-state index is 12.1. The van der Waals surface area contributed by atoms with Gasteiger partial charge in [-0.25, -0.2) is 0 Å². The van der Waals surface area contributed by atoms with Crippen LogP contribution in [0.2, 0.25) is 0 Å². The molecule has 0 aliphatic rings. The monoisotopic (exact) mass is 296 g/mol. The van der Waals surface area contributed by atoms with E-state index >= 15 is 0 Å². The van der Waals surface area contributed by atoms with Gasteiger partial charge in [0.2, 0.25) is 0 Å². The van der Waals surface area contributed by atoms with E-state index in [1.54, 1.807) is 18.2 Å². The summed E-state index contributed by atoms with van der Waals surface area (Å²) < 4.78 is 36.9. The highest BCUT2D eigenvalue weighted by Crippen LogP contribution is 2.22. The molecule has 0 aromatic heterocycles. The van der Waals surface area contributed by atoms with Crippen molar-refractivity contribution in [2.24, 2.45) is 0 Å². The summed E-state index contributed by atoms with van der Waals surface area (Å²) in [5.74, 6) is 0. The van der Waals surface area contributed by atoms with Crippen LogP contribution >= 0.6 is 15.9 Å². The average Bonchev–Trinajstić information content (AvgIpc) is 2.08. The van der Waals surface area contributed by atoms with Gasteiger partial charge in [0.15, 0.2) is 0 Å². The van der Waals surface area contributed by atoms with Crippen LogP contribution in [0.25, 0.3) is 0 Å². The molecule has 0 aliphatic carbocycles. The van der Waals surface area contributed by atoms with E-state index in [4.69, 9.17) is 5.73 Å². The topological polar surface area (TPSA) is 29.3 Å². The lowest BCUT2D eigenvalue weighted by Crippen LogP contribution is -2.30. The van der Waals surface area contributed by atoms with Gasteiger partial charge in [0.25, 0.3) is 0 Å². The molecule has 0 atom stereocenters. The lowest BCUT2D eigenvalue weighted by molar-refractivity contribution is -0.144. The van der Waals surface area contributed by atoms with E-state index in [9.17, 15) is 13.2 Å².